The van der Waals surface area contributed by atoms with Gasteiger partial charge in [0.25, 0.3) is 0 Å². The molecule has 2 heterocycles. The number of hydrogen-bond acceptors (Lipinski definition) is 4. The van der Waals surface area contributed by atoms with Crippen LogP contribution in [-0.4, -0.2) is 23.4 Å². The van der Waals surface area contributed by atoms with Gasteiger partial charge in [0.05, 0.1) is 12.1 Å². The first-order valence-corrected chi connectivity index (χ1v) is 6.74. The number of rotatable bonds is 1. The van der Waals surface area contributed by atoms with Gasteiger partial charge in [0.1, 0.15) is 0 Å². The molecule has 4 nitrogen and oxygen atoms in total. The van der Waals surface area contributed by atoms with Gasteiger partial charge in [0.2, 0.25) is 5.96 Å². The second-order valence-corrected chi connectivity index (χ2v) is 5.29. The van der Waals surface area contributed by atoms with E-state index in [0.717, 1.165) is 17.5 Å². The molecule has 18 heavy (non-hydrogen) atoms. The van der Waals surface area contributed by atoms with Crippen molar-refractivity contribution in [3.8, 4) is 0 Å². The summed E-state index contributed by atoms with van der Waals surface area (Å²) in [4.78, 5) is 7.01. The first kappa shape index (κ1) is 11.8. The second kappa shape index (κ2) is 4.78. The number of guanidine groups is 1. The maximum atomic E-state index is 5.93. The number of nitrogens with one attached hydrogen (secondary N) is 1. The highest BCUT2D eigenvalue weighted by Gasteiger charge is 2.38. The van der Waals surface area contributed by atoms with Gasteiger partial charge in [-0.25, -0.2) is 10.8 Å². The van der Waals surface area contributed by atoms with Crippen LogP contribution in [0.4, 0.5) is 0 Å². The van der Waals surface area contributed by atoms with E-state index in [-0.39, 0.29) is 6.04 Å². The van der Waals surface area contributed by atoms with E-state index in [0.29, 0.717) is 6.04 Å². The molecule has 1 aromatic carbocycles. The minimum absolute atomic E-state index is 0.175. The van der Waals surface area contributed by atoms with Gasteiger partial charge >= 0.3 is 0 Å². The van der Waals surface area contributed by atoms with E-state index in [1.54, 1.807) is 0 Å². The Bertz CT molecular complexity index is 457. The van der Waals surface area contributed by atoms with Crippen LogP contribution in [0, 0.1) is 0 Å². The summed E-state index contributed by atoms with van der Waals surface area (Å²) in [5.41, 5.74) is 3.93. The summed E-state index contributed by atoms with van der Waals surface area (Å²) in [6, 6.07) is 8.58. The Labute approximate surface area is 112 Å². The molecule has 1 aromatic rings. The van der Waals surface area contributed by atoms with Crippen molar-refractivity contribution >= 4 is 17.6 Å². The molecule has 2 aliphatic heterocycles. The van der Waals surface area contributed by atoms with Crippen molar-refractivity contribution in [2.45, 2.75) is 31.3 Å². The molecule has 2 unspecified atom stereocenters. The Morgan fingerprint density at radius 2 is 2.06 bits per heavy atom. The maximum absolute atomic E-state index is 5.93. The summed E-state index contributed by atoms with van der Waals surface area (Å²) >= 11 is 5.93. The molecule has 2 aliphatic rings. The lowest BCUT2D eigenvalue weighted by atomic mass is 9.93. The Morgan fingerprint density at radius 3 is 2.78 bits per heavy atom. The molecule has 3 N–H and O–H groups in total. The van der Waals surface area contributed by atoms with E-state index in [9.17, 15) is 0 Å². The van der Waals surface area contributed by atoms with Gasteiger partial charge in [-0.3, -0.25) is 5.43 Å². The molecule has 96 valence electrons. The minimum atomic E-state index is 0.175. The van der Waals surface area contributed by atoms with Gasteiger partial charge < -0.3 is 4.90 Å². The number of nitrogens with two attached hydrogens (primary N) is 1. The van der Waals surface area contributed by atoms with Gasteiger partial charge in [-0.2, -0.15) is 0 Å². The highest BCUT2D eigenvalue weighted by molar-refractivity contribution is 6.30. The van der Waals surface area contributed by atoms with Gasteiger partial charge in [-0.05, 0) is 37.0 Å². The Hall–Kier alpha value is -1.26. The molecule has 0 spiro atoms. The quantitative estimate of drug-likeness (QED) is 0.603. The molecule has 1 fully saturated rings. The summed E-state index contributed by atoms with van der Waals surface area (Å²) in [5.74, 6) is 6.38. The number of piperidine rings is 1. The van der Waals surface area contributed by atoms with E-state index >= 15 is 0 Å². The Balaban J connectivity index is 1.91. The molecular formula is C13H17ClN4. The summed E-state index contributed by atoms with van der Waals surface area (Å²) in [7, 11) is 0. The summed E-state index contributed by atoms with van der Waals surface area (Å²) in [6.45, 7) is 1.04. The fourth-order valence-corrected chi connectivity index (χ4v) is 3.04. The molecule has 0 aliphatic carbocycles. The van der Waals surface area contributed by atoms with Crippen LogP contribution in [-0.2, 0) is 0 Å². The van der Waals surface area contributed by atoms with E-state index in [2.05, 4.69) is 22.5 Å². The number of benzene rings is 1. The molecule has 0 radical (unpaired) electrons. The zero-order chi connectivity index (χ0) is 12.5. The van der Waals surface area contributed by atoms with Gasteiger partial charge in [-0.15, -0.1) is 0 Å². The number of fused-ring (bicyclic) bond motifs is 1. The normalized spacial score (nSPS) is 26.8. The number of halogens is 1. The van der Waals surface area contributed by atoms with Crippen LogP contribution in [0.25, 0.3) is 0 Å². The smallest absolute Gasteiger partial charge is 0.209 e. The van der Waals surface area contributed by atoms with E-state index in [1.165, 1.54) is 24.8 Å². The van der Waals surface area contributed by atoms with Crippen LogP contribution in [0.2, 0.25) is 5.02 Å². The third-order valence-electron chi connectivity index (χ3n) is 3.79. The third-order valence-corrected chi connectivity index (χ3v) is 4.04. The molecule has 1 saturated heterocycles. The van der Waals surface area contributed by atoms with Crippen molar-refractivity contribution in [1.29, 1.82) is 0 Å². The summed E-state index contributed by atoms with van der Waals surface area (Å²) < 4.78 is 0. The fraction of sp³-hybridized carbons (Fsp3) is 0.462. The lowest BCUT2D eigenvalue weighted by molar-refractivity contribution is 0.233. The average Bonchev–Trinajstić information content (AvgIpc) is 2.79. The predicted octanol–water partition coefficient (Wildman–Crippen LogP) is 2.07. The molecule has 0 aromatic heterocycles. The van der Waals surface area contributed by atoms with Gasteiger partial charge in [0.15, 0.2) is 0 Å². The van der Waals surface area contributed by atoms with Crippen LogP contribution in [0.1, 0.15) is 30.9 Å². The van der Waals surface area contributed by atoms with E-state index < -0.39 is 0 Å². The highest BCUT2D eigenvalue weighted by Crippen LogP contribution is 2.36. The molecule has 5 heteroatoms. The predicted molar refractivity (Wildman–Crippen MR) is 73.3 cm³/mol. The summed E-state index contributed by atoms with van der Waals surface area (Å²) in [5, 5.41) is 0.762. The largest absolute Gasteiger partial charge is 0.336 e. The average molecular weight is 265 g/mol. The SMILES string of the molecule is NNC1=NC(c2ccc(Cl)cc2)C2CCCCN12. The Morgan fingerprint density at radius 1 is 1.28 bits per heavy atom. The zero-order valence-corrected chi connectivity index (χ0v) is 10.9. The molecule has 3 rings (SSSR count). The maximum Gasteiger partial charge on any atom is 0.209 e. The molecular weight excluding hydrogens is 248 g/mol. The minimum Gasteiger partial charge on any atom is -0.336 e. The molecule has 0 bridgehead atoms. The molecule has 2 atom stereocenters. The number of hydrogen-bond donors (Lipinski definition) is 2. The van der Waals surface area contributed by atoms with Crippen LogP contribution in [0.15, 0.2) is 29.3 Å². The van der Waals surface area contributed by atoms with Crippen LogP contribution in [0.3, 0.4) is 0 Å². The molecule has 0 saturated carbocycles. The standard InChI is InChI=1S/C13H17ClN4/c14-10-6-4-9(5-7-10)12-11-3-1-2-8-18(11)13(16-12)17-15/h4-7,11-12H,1-3,8,15H2,(H,16,17). The highest BCUT2D eigenvalue weighted by atomic mass is 35.5. The van der Waals surface area contributed by atoms with Gasteiger partial charge in [0, 0.05) is 11.6 Å². The number of aliphatic imine (C=N–C) groups is 1. The topological polar surface area (TPSA) is 53.6 Å². The third kappa shape index (κ3) is 1.95. The monoisotopic (exact) mass is 264 g/mol. The van der Waals surface area contributed by atoms with Crippen molar-refractivity contribution in [2.75, 3.05) is 6.54 Å². The number of hydrazine groups is 1. The van der Waals surface area contributed by atoms with E-state index in [1.807, 2.05) is 12.1 Å². The van der Waals surface area contributed by atoms with Crippen molar-refractivity contribution in [3.63, 3.8) is 0 Å². The zero-order valence-electron chi connectivity index (χ0n) is 10.1. The van der Waals surface area contributed by atoms with Crippen molar-refractivity contribution in [3.05, 3.63) is 34.9 Å². The van der Waals surface area contributed by atoms with Crippen molar-refractivity contribution in [1.82, 2.24) is 10.3 Å². The summed E-state index contributed by atoms with van der Waals surface area (Å²) in [6.07, 6.45) is 3.64. The lowest BCUT2D eigenvalue weighted by Crippen LogP contribution is -2.48. The fourth-order valence-electron chi connectivity index (χ4n) is 2.92. The lowest BCUT2D eigenvalue weighted by Gasteiger charge is -2.34. The van der Waals surface area contributed by atoms with Crippen LogP contribution in [0.5, 0.6) is 0 Å². The Kier molecular flexibility index (Phi) is 3.14. The number of nitrogens with zero attached hydrogens (tertiary/aromatic N) is 2. The second-order valence-electron chi connectivity index (χ2n) is 4.85. The first-order chi connectivity index (χ1) is 8.79. The van der Waals surface area contributed by atoms with E-state index in [4.69, 9.17) is 22.4 Å². The van der Waals surface area contributed by atoms with Gasteiger partial charge in [-0.1, -0.05) is 23.7 Å². The first-order valence-electron chi connectivity index (χ1n) is 6.36. The molecule has 0 amide bonds. The van der Waals surface area contributed by atoms with Crippen LogP contribution < -0.4 is 11.3 Å². The van der Waals surface area contributed by atoms with Crippen LogP contribution >= 0.6 is 11.6 Å². The van der Waals surface area contributed by atoms with Crippen molar-refractivity contribution < 1.29 is 0 Å². The van der Waals surface area contributed by atoms with Crippen molar-refractivity contribution in [2.24, 2.45) is 10.8 Å².